The summed E-state index contributed by atoms with van der Waals surface area (Å²) in [4.78, 5) is 17.1. The smallest absolute Gasteiger partial charge is 0.163 e. The van der Waals surface area contributed by atoms with E-state index in [1.165, 1.54) is 4.88 Å². The number of carbonyl (C=O) groups is 1. The Labute approximate surface area is 198 Å². The molecule has 0 spiro atoms. The Kier molecular flexibility index (Phi) is 6.44. The van der Waals surface area contributed by atoms with E-state index in [0.717, 1.165) is 68.4 Å². The van der Waals surface area contributed by atoms with Crippen LogP contribution in [0.3, 0.4) is 0 Å². The number of aromatic nitrogens is 1. The lowest BCUT2D eigenvalue weighted by Crippen LogP contribution is -2.35. The number of methoxy groups -OCH3 is 1. The summed E-state index contributed by atoms with van der Waals surface area (Å²) in [6.07, 6.45) is 0.823. The van der Waals surface area contributed by atoms with Crippen LogP contribution in [-0.2, 0) is 6.42 Å². The lowest BCUT2D eigenvalue weighted by Gasteiger charge is -2.25. The second kappa shape index (κ2) is 9.29. The monoisotopic (exact) mass is 462 g/mol. The third-order valence-electron chi connectivity index (χ3n) is 5.92. The number of thiophene rings is 1. The second-order valence-corrected chi connectivity index (χ2v) is 9.39. The van der Waals surface area contributed by atoms with Crippen molar-refractivity contribution in [2.24, 2.45) is 0 Å². The molecular formula is C26H30N4O2S. The van der Waals surface area contributed by atoms with Crippen LogP contribution in [0.25, 0.3) is 16.6 Å². The van der Waals surface area contributed by atoms with E-state index in [2.05, 4.69) is 46.7 Å². The van der Waals surface area contributed by atoms with E-state index < -0.39 is 0 Å². The fraction of sp³-hybridized carbons (Fsp3) is 0.269. The van der Waals surface area contributed by atoms with Gasteiger partial charge in [-0.2, -0.15) is 0 Å². The molecule has 3 heterocycles. The number of anilines is 1. The number of hydrogen-bond acceptors (Lipinski definition) is 6. The molecule has 3 aromatic rings. The zero-order valence-electron chi connectivity index (χ0n) is 19.4. The van der Waals surface area contributed by atoms with Gasteiger partial charge in [-0.1, -0.05) is 19.7 Å². The summed E-state index contributed by atoms with van der Waals surface area (Å²) in [5, 5.41) is 12.3. The molecule has 4 N–H and O–H groups in total. The van der Waals surface area contributed by atoms with Crippen LogP contribution in [0.4, 0.5) is 5.00 Å². The topological polar surface area (TPSA) is 78.2 Å². The molecule has 4 rings (SSSR count). The highest BCUT2D eigenvalue weighted by Crippen LogP contribution is 2.40. The molecular weight excluding hydrogens is 432 g/mol. The Hall–Kier alpha value is -3.29. The average molecular weight is 463 g/mol. The molecule has 0 amide bonds. The van der Waals surface area contributed by atoms with E-state index in [4.69, 9.17) is 4.74 Å². The Balaban J connectivity index is 1.53. The van der Waals surface area contributed by atoms with E-state index in [-0.39, 0.29) is 11.8 Å². The first-order valence-corrected chi connectivity index (χ1v) is 11.7. The van der Waals surface area contributed by atoms with Crippen LogP contribution in [0.15, 0.2) is 55.3 Å². The highest BCUT2D eigenvalue weighted by Gasteiger charge is 2.29. The molecule has 172 valence electrons. The van der Waals surface area contributed by atoms with Crippen LogP contribution >= 0.6 is 11.3 Å². The minimum Gasteiger partial charge on any atom is -0.497 e. The predicted molar refractivity (Wildman–Crippen MR) is 138 cm³/mol. The Bertz CT molecular complexity index is 1270. The van der Waals surface area contributed by atoms with Crippen LogP contribution in [0.2, 0.25) is 0 Å². The molecule has 7 heteroatoms. The van der Waals surface area contributed by atoms with Crippen molar-refractivity contribution in [3.8, 4) is 5.75 Å². The molecule has 6 nitrogen and oxygen atoms in total. The molecule has 1 aromatic carbocycles. The van der Waals surface area contributed by atoms with Gasteiger partial charge in [0.15, 0.2) is 5.78 Å². The average Bonchev–Trinajstić information content (AvgIpc) is 3.38. The van der Waals surface area contributed by atoms with Crippen LogP contribution < -0.4 is 20.7 Å². The fourth-order valence-corrected chi connectivity index (χ4v) is 5.47. The SMILES string of the molecule is C=C(C)C(=C)Nc1sc2c(c1C(C)=O)CCNC2CNC(=C)c1cc2cc(OC)ccc2[nH]1. The molecule has 1 unspecified atom stereocenters. The maximum atomic E-state index is 12.5. The van der Waals surface area contributed by atoms with E-state index in [9.17, 15) is 4.79 Å². The molecule has 0 aliphatic carbocycles. The number of Topliss-reactive ketones (excluding diaryl/α,β-unsaturated/α-hetero) is 1. The minimum absolute atomic E-state index is 0.0658. The third kappa shape index (κ3) is 4.60. The standard InChI is InChI=1S/C26H30N4O2S/c1-14(2)15(3)29-26-24(17(5)31)20-9-10-27-23(25(20)33-26)13-28-16(4)22-12-18-11-19(32-6)7-8-21(18)30-22/h7-8,11-12,23,27-30H,1,3-4,9-10,13H2,2,5-6H3. The van der Waals surface area contributed by atoms with Crippen molar-refractivity contribution < 1.29 is 9.53 Å². The molecule has 0 saturated heterocycles. The van der Waals surface area contributed by atoms with Crippen molar-refractivity contribution in [2.75, 3.05) is 25.5 Å². The first-order valence-electron chi connectivity index (χ1n) is 10.9. The summed E-state index contributed by atoms with van der Waals surface area (Å²) in [7, 11) is 1.66. The lowest BCUT2D eigenvalue weighted by molar-refractivity contribution is 0.101. The van der Waals surface area contributed by atoms with Crippen LogP contribution in [0.1, 0.15) is 46.4 Å². The van der Waals surface area contributed by atoms with Gasteiger partial charge in [-0.3, -0.25) is 4.79 Å². The van der Waals surface area contributed by atoms with Crippen molar-refractivity contribution in [1.29, 1.82) is 0 Å². The number of fused-ring (bicyclic) bond motifs is 2. The van der Waals surface area contributed by atoms with Gasteiger partial charge in [0.2, 0.25) is 0 Å². The van der Waals surface area contributed by atoms with E-state index in [0.29, 0.717) is 6.54 Å². The summed E-state index contributed by atoms with van der Waals surface area (Å²) in [6, 6.07) is 8.08. The first-order chi connectivity index (χ1) is 15.8. The maximum absolute atomic E-state index is 12.5. The number of rotatable bonds is 9. The number of carbonyl (C=O) groups excluding carboxylic acids is 1. The van der Waals surface area contributed by atoms with Crippen molar-refractivity contribution in [2.45, 2.75) is 26.3 Å². The van der Waals surface area contributed by atoms with Crippen molar-refractivity contribution >= 4 is 38.7 Å². The van der Waals surface area contributed by atoms with Gasteiger partial charge in [0.25, 0.3) is 0 Å². The highest BCUT2D eigenvalue weighted by molar-refractivity contribution is 7.17. The van der Waals surface area contributed by atoms with Gasteiger partial charge < -0.3 is 25.7 Å². The zero-order valence-corrected chi connectivity index (χ0v) is 20.2. The third-order valence-corrected chi connectivity index (χ3v) is 7.19. The number of hydrogen-bond donors (Lipinski definition) is 4. The Morgan fingerprint density at radius 1 is 1.24 bits per heavy atom. The summed E-state index contributed by atoms with van der Waals surface area (Å²) in [5.74, 6) is 0.888. The minimum atomic E-state index is 0.0658. The van der Waals surface area contributed by atoms with Crippen molar-refractivity contribution in [3.63, 3.8) is 0 Å². The summed E-state index contributed by atoms with van der Waals surface area (Å²) < 4.78 is 5.32. The van der Waals surface area contributed by atoms with Gasteiger partial charge in [-0.05, 0) is 62.2 Å². The van der Waals surface area contributed by atoms with Gasteiger partial charge in [0.1, 0.15) is 10.8 Å². The molecule has 0 fully saturated rings. The highest BCUT2D eigenvalue weighted by atomic mass is 32.1. The Morgan fingerprint density at radius 3 is 2.73 bits per heavy atom. The number of allylic oxidation sites excluding steroid dienone is 1. The maximum Gasteiger partial charge on any atom is 0.163 e. The van der Waals surface area contributed by atoms with Gasteiger partial charge >= 0.3 is 0 Å². The number of benzene rings is 1. The van der Waals surface area contributed by atoms with Gasteiger partial charge in [0, 0.05) is 28.0 Å². The van der Waals surface area contributed by atoms with Gasteiger partial charge in [0.05, 0.1) is 30.1 Å². The molecule has 1 atom stereocenters. The molecule has 33 heavy (non-hydrogen) atoms. The number of nitrogens with one attached hydrogen (secondary N) is 4. The van der Waals surface area contributed by atoms with E-state index in [1.807, 2.05) is 25.1 Å². The summed E-state index contributed by atoms with van der Waals surface area (Å²) >= 11 is 1.61. The van der Waals surface area contributed by atoms with Crippen molar-refractivity contribution in [3.05, 3.63) is 77.0 Å². The van der Waals surface area contributed by atoms with Crippen LogP contribution in [0.5, 0.6) is 5.75 Å². The van der Waals surface area contributed by atoms with Crippen LogP contribution in [0, 0.1) is 0 Å². The molecule has 1 aliphatic heterocycles. The Morgan fingerprint density at radius 2 is 2.03 bits per heavy atom. The molecule has 1 aliphatic rings. The largest absolute Gasteiger partial charge is 0.497 e. The number of aromatic amines is 1. The quantitative estimate of drug-likeness (QED) is 0.253. The first kappa shape index (κ1) is 22.9. The van der Waals surface area contributed by atoms with Gasteiger partial charge in [-0.15, -0.1) is 11.3 Å². The van der Waals surface area contributed by atoms with Crippen molar-refractivity contribution in [1.82, 2.24) is 15.6 Å². The summed E-state index contributed by atoms with van der Waals surface area (Å²) in [6.45, 7) is 17.2. The zero-order chi connectivity index (χ0) is 23.7. The lowest BCUT2D eigenvalue weighted by atomic mass is 9.97. The molecule has 0 radical (unpaired) electrons. The number of H-pyrrole nitrogens is 1. The summed E-state index contributed by atoms with van der Waals surface area (Å²) in [5.41, 5.74) is 6.25. The molecule has 0 bridgehead atoms. The van der Waals surface area contributed by atoms with E-state index >= 15 is 0 Å². The van der Waals surface area contributed by atoms with Gasteiger partial charge in [-0.25, -0.2) is 0 Å². The second-order valence-electron chi connectivity index (χ2n) is 8.34. The van der Waals surface area contributed by atoms with E-state index in [1.54, 1.807) is 25.4 Å². The number of ketones is 1. The normalized spacial score (nSPS) is 15.1. The number of ether oxygens (including phenoxy) is 1. The van der Waals surface area contributed by atoms with Crippen LogP contribution in [-0.4, -0.2) is 31.0 Å². The molecule has 2 aromatic heterocycles. The predicted octanol–water partition coefficient (Wildman–Crippen LogP) is 5.39. The molecule has 0 saturated carbocycles. The fourth-order valence-electron chi connectivity index (χ4n) is 4.07.